The smallest absolute Gasteiger partial charge is 0.154 e. The highest BCUT2D eigenvalue weighted by atomic mass is 32.1. The topological polar surface area (TPSA) is 24.5 Å². The maximum absolute atomic E-state index is 5.68. The third-order valence-corrected chi connectivity index (χ3v) is 4.59. The Balaban J connectivity index is 1.90. The summed E-state index contributed by atoms with van der Waals surface area (Å²) in [6.07, 6.45) is 1.27. The molecule has 2 aliphatic rings. The molecule has 1 aromatic rings. The number of likely N-dealkylation sites (N-methyl/N-ethyl adjacent to an activating group) is 1. The minimum Gasteiger partial charge on any atom is -0.489 e. The minimum atomic E-state index is 0.706. The van der Waals surface area contributed by atoms with E-state index in [1.54, 1.807) is 0 Å². The first-order chi connectivity index (χ1) is 7.34. The number of ether oxygens (including phenoxy) is 1. The second kappa shape index (κ2) is 3.68. The van der Waals surface area contributed by atoms with Crippen molar-refractivity contribution in [2.75, 3.05) is 38.2 Å². The van der Waals surface area contributed by atoms with Crippen LogP contribution in [-0.4, -0.2) is 33.3 Å². The van der Waals surface area contributed by atoms with Crippen LogP contribution in [0.1, 0.15) is 17.2 Å². The van der Waals surface area contributed by atoms with Crippen molar-refractivity contribution >= 4 is 16.3 Å². The standard InChI is InChI=1S/C11H16N2OS/c1-13-4-5-14-9-6-10(15-11(9)13)8-2-3-12-7-8/h6,8,12H,2-5,7H2,1H3. The van der Waals surface area contributed by atoms with Gasteiger partial charge in [-0.15, -0.1) is 11.3 Å². The quantitative estimate of drug-likeness (QED) is 0.785. The summed E-state index contributed by atoms with van der Waals surface area (Å²) in [5, 5.41) is 4.72. The molecule has 1 unspecified atom stereocenters. The number of fused-ring (bicyclic) bond motifs is 1. The molecule has 3 rings (SSSR count). The average Bonchev–Trinajstić information content (AvgIpc) is 2.86. The molecule has 0 spiro atoms. The van der Waals surface area contributed by atoms with Crippen molar-refractivity contribution in [3.05, 3.63) is 10.9 Å². The molecule has 4 heteroatoms. The van der Waals surface area contributed by atoms with Crippen LogP contribution < -0.4 is 15.0 Å². The van der Waals surface area contributed by atoms with Crippen molar-refractivity contribution in [2.24, 2.45) is 0 Å². The molecule has 15 heavy (non-hydrogen) atoms. The summed E-state index contributed by atoms with van der Waals surface area (Å²) in [5.41, 5.74) is 0. The summed E-state index contributed by atoms with van der Waals surface area (Å²) < 4.78 is 5.68. The Kier molecular flexibility index (Phi) is 2.33. The Morgan fingerprint density at radius 1 is 1.60 bits per heavy atom. The van der Waals surface area contributed by atoms with E-state index in [1.165, 1.54) is 16.3 Å². The van der Waals surface area contributed by atoms with Gasteiger partial charge in [0, 0.05) is 24.4 Å². The molecule has 1 N–H and O–H groups in total. The average molecular weight is 224 g/mol. The lowest BCUT2D eigenvalue weighted by Gasteiger charge is -2.23. The summed E-state index contributed by atoms with van der Waals surface area (Å²) in [5.74, 6) is 1.80. The first kappa shape index (κ1) is 9.48. The number of hydrogen-bond donors (Lipinski definition) is 1. The second-order valence-corrected chi connectivity index (χ2v) is 5.34. The number of anilines is 1. The fourth-order valence-corrected chi connectivity index (χ4v) is 3.47. The molecule has 0 aromatic carbocycles. The van der Waals surface area contributed by atoms with Crippen molar-refractivity contribution in [2.45, 2.75) is 12.3 Å². The van der Waals surface area contributed by atoms with E-state index in [2.05, 4.69) is 23.3 Å². The number of thiophene rings is 1. The van der Waals surface area contributed by atoms with Gasteiger partial charge >= 0.3 is 0 Å². The van der Waals surface area contributed by atoms with Crippen molar-refractivity contribution in [1.29, 1.82) is 0 Å². The summed E-state index contributed by atoms with van der Waals surface area (Å²) >= 11 is 1.90. The molecule has 1 saturated heterocycles. The number of hydrogen-bond acceptors (Lipinski definition) is 4. The molecular weight excluding hydrogens is 208 g/mol. The monoisotopic (exact) mass is 224 g/mol. The largest absolute Gasteiger partial charge is 0.489 e. The van der Waals surface area contributed by atoms with Crippen molar-refractivity contribution in [3.63, 3.8) is 0 Å². The molecular formula is C11H16N2OS. The molecule has 0 amide bonds. The molecule has 3 nitrogen and oxygen atoms in total. The van der Waals surface area contributed by atoms with Crippen LogP contribution in [-0.2, 0) is 0 Å². The lowest BCUT2D eigenvalue weighted by molar-refractivity contribution is 0.313. The Bertz CT molecular complexity index is 357. The van der Waals surface area contributed by atoms with Gasteiger partial charge < -0.3 is 15.0 Å². The van der Waals surface area contributed by atoms with Crippen LogP contribution in [0, 0.1) is 0 Å². The molecule has 2 aliphatic heterocycles. The van der Waals surface area contributed by atoms with Gasteiger partial charge in [-0.3, -0.25) is 0 Å². The maximum atomic E-state index is 5.68. The number of rotatable bonds is 1. The van der Waals surface area contributed by atoms with Crippen molar-refractivity contribution < 1.29 is 4.74 Å². The van der Waals surface area contributed by atoms with Gasteiger partial charge in [0.25, 0.3) is 0 Å². The van der Waals surface area contributed by atoms with E-state index >= 15 is 0 Å². The Morgan fingerprint density at radius 2 is 2.53 bits per heavy atom. The first-order valence-corrected chi connectivity index (χ1v) is 6.34. The van der Waals surface area contributed by atoms with Crippen LogP contribution in [0.25, 0.3) is 0 Å². The summed E-state index contributed by atoms with van der Waals surface area (Å²) in [4.78, 5) is 3.79. The highest BCUT2D eigenvalue weighted by Gasteiger charge is 2.24. The van der Waals surface area contributed by atoms with Crippen LogP contribution in [0.15, 0.2) is 6.07 Å². The van der Waals surface area contributed by atoms with E-state index < -0.39 is 0 Å². The van der Waals surface area contributed by atoms with Gasteiger partial charge in [-0.25, -0.2) is 0 Å². The lowest BCUT2D eigenvalue weighted by Crippen LogP contribution is -2.27. The lowest BCUT2D eigenvalue weighted by atomic mass is 10.1. The highest BCUT2D eigenvalue weighted by Crippen LogP contribution is 2.43. The molecule has 0 bridgehead atoms. The Hall–Kier alpha value is -0.740. The normalized spacial score (nSPS) is 25.1. The summed E-state index contributed by atoms with van der Waals surface area (Å²) in [6, 6.07) is 2.24. The molecule has 3 heterocycles. The molecule has 0 aliphatic carbocycles. The minimum absolute atomic E-state index is 0.706. The number of nitrogens with one attached hydrogen (secondary N) is 1. The molecule has 82 valence electrons. The van der Waals surface area contributed by atoms with Gasteiger partial charge in [-0.1, -0.05) is 0 Å². The predicted octanol–water partition coefficient (Wildman–Crippen LogP) is 1.65. The van der Waals surface area contributed by atoms with E-state index in [0.717, 1.165) is 32.0 Å². The second-order valence-electron chi connectivity index (χ2n) is 4.28. The maximum Gasteiger partial charge on any atom is 0.154 e. The zero-order valence-electron chi connectivity index (χ0n) is 8.95. The Labute approximate surface area is 94.0 Å². The van der Waals surface area contributed by atoms with E-state index in [0.29, 0.717) is 5.92 Å². The third-order valence-electron chi connectivity index (χ3n) is 3.19. The highest BCUT2D eigenvalue weighted by molar-refractivity contribution is 7.16. The number of nitrogens with zero attached hydrogens (tertiary/aromatic N) is 1. The zero-order valence-corrected chi connectivity index (χ0v) is 9.77. The van der Waals surface area contributed by atoms with Crippen LogP contribution in [0.2, 0.25) is 0 Å². The van der Waals surface area contributed by atoms with Gasteiger partial charge in [0.15, 0.2) is 5.75 Å². The molecule has 0 saturated carbocycles. The van der Waals surface area contributed by atoms with Crippen LogP contribution in [0.4, 0.5) is 5.00 Å². The predicted molar refractivity (Wildman–Crippen MR) is 63.3 cm³/mol. The van der Waals surface area contributed by atoms with E-state index in [1.807, 2.05) is 11.3 Å². The Morgan fingerprint density at radius 3 is 3.27 bits per heavy atom. The van der Waals surface area contributed by atoms with E-state index in [9.17, 15) is 0 Å². The van der Waals surface area contributed by atoms with Crippen molar-refractivity contribution in [1.82, 2.24) is 5.32 Å². The molecule has 1 fully saturated rings. The summed E-state index contributed by atoms with van der Waals surface area (Å²) in [6.45, 7) is 4.12. The molecule has 1 atom stereocenters. The third kappa shape index (κ3) is 1.62. The fraction of sp³-hybridized carbons (Fsp3) is 0.636. The molecule has 1 aromatic heterocycles. The van der Waals surface area contributed by atoms with Crippen LogP contribution in [0.3, 0.4) is 0 Å². The van der Waals surface area contributed by atoms with Crippen molar-refractivity contribution in [3.8, 4) is 5.75 Å². The summed E-state index contributed by atoms with van der Waals surface area (Å²) in [7, 11) is 2.15. The zero-order chi connectivity index (χ0) is 10.3. The van der Waals surface area contributed by atoms with Crippen LogP contribution >= 0.6 is 11.3 Å². The SMILES string of the molecule is CN1CCOc2cc(C3CCNC3)sc21. The van der Waals surface area contributed by atoms with Gasteiger partial charge in [-0.2, -0.15) is 0 Å². The van der Waals surface area contributed by atoms with Gasteiger partial charge in [0.05, 0.1) is 6.54 Å². The van der Waals surface area contributed by atoms with Crippen LogP contribution in [0.5, 0.6) is 5.75 Å². The molecule has 0 radical (unpaired) electrons. The van der Waals surface area contributed by atoms with E-state index in [-0.39, 0.29) is 0 Å². The van der Waals surface area contributed by atoms with E-state index in [4.69, 9.17) is 4.74 Å². The fourth-order valence-electron chi connectivity index (χ4n) is 2.24. The van der Waals surface area contributed by atoms with Gasteiger partial charge in [0.2, 0.25) is 0 Å². The van der Waals surface area contributed by atoms with Gasteiger partial charge in [-0.05, 0) is 19.0 Å². The first-order valence-electron chi connectivity index (χ1n) is 5.53. The van der Waals surface area contributed by atoms with Gasteiger partial charge in [0.1, 0.15) is 11.6 Å².